The molecule has 0 aliphatic rings. The Morgan fingerprint density at radius 2 is 1.56 bits per heavy atom. The molecule has 0 unspecified atom stereocenters. The molecule has 4 aromatic rings. The van der Waals surface area contributed by atoms with E-state index in [2.05, 4.69) is 28.8 Å². The zero-order chi connectivity index (χ0) is 17.6. The van der Waals surface area contributed by atoms with Gasteiger partial charge in [-0.25, -0.2) is 8.42 Å². The van der Waals surface area contributed by atoms with Crippen LogP contribution in [0.1, 0.15) is 11.1 Å². The minimum atomic E-state index is -3.33. The topological polar surface area (TPSA) is 39.1 Å². The Morgan fingerprint density at radius 3 is 2.28 bits per heavy atom. The first kappa shape index (κ1) is 15.9. The summed E-state index contributed by atoms with van der Waals surface area (Å²) in [7, 11) is -3.33. The van der Waals surface area contributed by atoms with Crippen molar-refractivity contribution in [2.45, 2.75) is 18.4 Å². The van der Waals surface area contributed by atoms with E-state index in [9.17, 15) is 8.42 Å². The summed E-state index contributed by atoms with van der Waals surface area (Å²) >= 11 is 0. The van der Waals surface area contributed by atoms with Crippen molar-refractivity contribution in [1.29, 1.82) is 0 Å². The third-order valence-corrected chi connectivity index (χ3v) is 5.79. The first-order valence-corrected chi connectivity index (χ1v) is 10.1. The molecule has 0 radical (unpaired) electrons. The van der Waals surface area contributed by atoms with Crippen molar-refractivity contribution < 1.29 is 8.42 Å². The van der Waals surface area contributed by atoms with Crippen LogP contribution in [0.2, 0.25) is 0 Å². The molecule has 0 aliphatic carbocycles. The lowest BCUT2D eigenvalue weighted by Gasteiger charge is -2.11. The van der Waals surface area contributed by atoms with Gasteiger partial charge >= 0.3 is 0 Å². The Bertz CT molecular complexity index is 1190. The summed E-state index contributed by atoms with van der Waals surface area (Å²) in [5, 5.41) is 2.12. The number of nitrogens with zero attached hydrogens (tertiary/aromatic N) is 1. The summed E-state index contributed by atoms with van der Waals surface area (Å²) in [6.45, 7) is 2.67. The van der Waals surface area contributed by atoms with Gasteiger partial charge in [-0.05, 0) is 30.2 Å². The van der Waals surface area contributed by atoms with E-state index in [1.807, 2.05) is 43.3 Å². The largest absolute Gasteiger partial charge is 0.335 e. The minimum Gasteiger partial charge on any atom is -0.335 e. The Labute approximate surface area is 147 Å². The summed E-state index contributed by atoms with van der Waals surface area (Å²) in [4.78, 5) is 0.389. The molecule has 0 fully saturated rings. The lowest BCUT2D eigenvalue weighted by Crippen LogP contribution is -2.05. The van der Waals surface area contributed by atoms with Crippen molar-refractivity contribution in [3.63, 3.8) is 0 Å². The molecule has 0 saturated heterocycles. The zero-order valence-electron chi connectivity index (χ0n) is 14.2. The van der Waals surface area contributed by atoms with Crippen molar-refractivity contribution in [2.75, 3.05) is 6.26 Å². The molecular formula is C21H19NO2S. The summed E-state index contributed by atoms with van der Waals surface area (Å²) < 4.78 is 27.0. The molecule has 1 heterocycles. The monoisotopic (exact) mass is 349 g/mol. The maximum absolute atomic E-state index is 12.4. The Kier molecular flexibility index (Phi) is 3.65. The number of aromatic nitrogens is 1. The van der Waals surface area contributed by atoms with E-state index in [1.165, 1.54) is 6.26 Å². The molecule has 0 spiro atoms. The second-order valence-corrected chi connectivity index (χ2v) is 8.45. The van der Waals surface area contributed by atoms with Gasteiger partial charge in [0.15, 0.2) is 9.84 Å². The highest BCUT2D eigenvalue weighted by Gasteiger charge is 2.20. The van der Waals surface area contributed by atoms with Crippen LogP contribution in [-0.2, 0) is 16.4 Å². The molecule has 0 saturated carbocycles. The van der Waals surface area contributed by atoms with E-state index < -0.39 is 9.84 Å². The highest BCUT2D eigenvalue weighted by Crippen LogP contribution is 2.35. The van der Waals surface area contributed by atoms with E-state index in [0.717, 1.165) is 32.9 Å². The van der Waals surface area contributed by atoms with Gasteiger partial charge in [0, 0.05) is 29.1 Å². The second-order valence-electron chi connectivity index (χ2n) is 6.47. The fraction of sp³-hybridized carbons (Fsp3) is 0.143. The van der Waals surface area contributed by atoms with Gasteiger partial charge in [-0.1, -0.05) is 54.6 Å². The van der Waals surface area contributed by atoms with E-state index in [4.69, 9.17) is 0 Å². The number of hydrogen-bond donors (Lipinski definition) is 0. The van der Waals surface area contributed by atoms with Gasteiger partial charge in [0.25, 0.3) is 0 Å². The van der Waals surface area contributed by atoms with Crippen molar-refractivity contribution in [3.05, 3.63) is 77.9 Å². The van der Waals surface area contributed by atoms with Gasteiger partial charge in [0.1, 0.15) is 0 Å². The van der Waals surface area contributed by atoms with Crippen LogP contribution < -0.4 is 0 Å². The van der Waals surface area contributed by atoms with Crippen LogP contribution in [0.3, 0.4) is 0 Å². The van der Waals surface area contributed by atoms with Crippen LogP contribution in [0.25, 0.3) is 21.8 Å². The minimum absolute atomic E-state index is 0.389. The number of benzene rings is 3. The number of aryl methyl sites for hydroxylation is 1. The lowest BCUT2D eigenvalue weighted by atomic mass is 10.1. The average molecular weight is 349 g/mol. The molecular weight excluding hydrogens is 330 g/mol. The van der Waals surface area contributed by atoms with Crippen molar-refractivity contribution >= 4 is 31.6 Å². The SMILES string of the molecule is Cc1ccc(S(C)(=O)=O)c2c1c1ccccc1n2Cc1ccccc1. The first-order valence-electron chi connectivity index (χ1n) is 8.21. The van der Waals surface area contributed by atoms with Gasteiger partial charge in [0.2, 0.25) is 0 Å². The number of para-hydroxylation sites is 1. The second kappa shape index (κ2) is 5.74. The summed E-state index contributed by atoms with van der Waals surface area (Å²) in [6, 6.07) is 21.9. The molecule has 0 amide bonds. The molecule has 126 valence electrons. The number of sulfone groups is 1. The van der Waals surface area contributed by atoms with Crippen LogP contribution in [0, 0.1) is 6.92 Å². The van der Waals surface area contributed by atoms with Crippen molar-refractivity contribution in [1.82, 2.24) is 4.57 Å². The zero-order valence-corrected chi connectivity index (χ0v) is 15.0. The quantitative estimate of drug-likeness (QED) is 0.544. The molecule has 0 aliphatic heterocycles. The molecule has 25 heavy (non-hydrogen) atoms. The highest BCUT2D eigenvalue weighted by atomic mass is 32.2. The predicted octanol–water partition coefficient (Wildman–Crippen LogP) is 4.55. The molecule has 4 heteroatoms. The van der Waals surface area contributed by atoms with E-state index in [-0.39, 0.29) is 0 Å². The number of fused-ring (bicyclic) bond motifs is 3. The summed E-state index contributed by atoms with van der Waals surface area (Å²) in [5.41, 5.74) is 4.09. The van der Waals surface area contributed by atoms with Crippen LogP contribution >= 0.6 is 0 Å². The van der Waals surface area contributed by atoms with Gasteiger partial charge < -0.3 is 4.57 Å². The van der Waals surface area contributed by atoms with Crippen LogP contribution in [0.15, 0.2) is 71.6 Å². The van der Waals surface area contributed by atoms with E-state index >= 15 is 0 Å². The third-order valence-electron chi connectivity index (χ3n) is 4.67. The molecule has 0 N–H and O–H groups in total. The van der Waals surface area contributed by atoms with Gasteiger partial charge in [-0.15, -0.1) is 0 Å². The predicted molar refractivity (Wildman–Crippen MR) is 103 cm³/mol. The van der Waals surface area contributed by atoms with Gasteiger partial charge in [0.05, 0.1) is 10.4 Å². The van der Waals surface area contributed by atoms with E-state index in [1.54, 1.807) is 6.07 Å². The molecule has 1 aromatic heterocycles. The maximum Gasteiger partial charge on any atom is 0.177 e. The number of hydrogen-bond acceptors (Lipinski definition) is 2. The normalized spacial score (nSPS) is 12.1. The summed E-state index contributed by atoms with van der Waals surface area (Å²) in [6.07, 6.45) is 1.28. The van der Waals surface area contributed by atoms with Crippen LogP contribution in [-0.4, -0.2) is 19.2 Å². The van der Waals surface area contributed by atoms with Crippen LogP contribution in [0.4, 0.5) is 0 Å². The Hall–Kier alpha value is -2.59. The standard InChI is InChI=1S/C21H19NO2S/c1-15-12-13-19(25(2,23)24)21-20(15)17-10-6-7-11-18(17)22(21)14-16-8-4-3-5-9-16/h3-13H,14H2,1-2H3. The first-order chi connectivity index (χ1) is 12.0. The fourth-order valence-corrected chi connectivity index (χ4v) is 4.43. The molecule has 0 atom stereocenters. The molecule has 4 rings (SSSR count). The Morgan fingerprint density at radius 1 is 0.880 bits per heavy atom. The Balaban J connectivity index is 2.16. The molecule has 0 bridgehead atoms. The smallest absolute Gasteiger partial charge is 0.177 e. The van der Waals surface area contributed by atoms with Gasteiger partial charge in [-0.2, -0.15) is 0 Å². The van der Waals surface area contributed by atoms with Crippen molar-refractivity contribution in [3.8, 4) is 0 Å². The van der Waals surface area contributed by atoms with Crippen LogP contribution in [0.5, 0.6) is 0 Å². The van der Waals surface area contributed by atoms with Gasteiger partial charge in [-0.3, -0.25) is 0 Å². The van der Waals surface area contributed by atoms with E-state index in [0.29, 0.717) is 11.4 Å². The molecule has 3 aromatic carbocycles. The average Bonchev–Trinajstić information content (AvgIpc) is 2.91. The fourth-order valence-electron chi connectivity index (χ4n) is 3.55. The molecule has 3 nitrogen and oxygen atoms in total. The maximum atomic E-state index is 12.4. The summed E-state index contributed by atoms with van der Waals surface area (Å²) in [5.74, 6) is 0. The number of rotatable bonds is 3. The van der Waals surface area contributed by atoms with Crippen molar-refractivity contribution in [2.24, 2.45) is 0 Å². The third kappa shape index (κ3) is 2.63. The highest BCUT2D eigenvalue weighted by molar-refractivity contribution is 7.91. The lowest BCUT2D eigenvalue weighted by molar-refractivity contribution is 0.602.